The third-order valence-corrected chi connectivity index (χ3v) is 3.89. The van der Waals surface area contributed by atoms with Gasteiger partial charge in [0, 0.05) is 23.4 Å². The van der Waals surface area contributed by atoms with Crippen molar-refractivity contribution in [2.75, 3.05) is 0 Å². The average Bonchev–Trinajstić information content (AvgIpc) is 2.85. The Bertz CT molecular complexity index is 621. The number of aromatic hydroxyl groups is 1. The number of hydrogen-bond acceptors (Lipinski definition) is 5. The minimum atomic E-state index is -1.10. The minimum absolute atomic E-state index is 0.0892. The molecule has 1 heterocycles. The zero-order valence-electron chi connectivity index (χ0n) is 11.1. The number of carbonyl (C=O) groups excluding carboxylic acids is 2. The Kier molecular flexibility index (Phi) is 3.37. The predicted octanol–water partition coefficient (Wildman–Crippen LogP) is 2.80. The van der Waals surface area contributed by atoms with Gasteiger partial charge in [-0.3, -0.25) is 0 Å². The summed E-state index contributed by atoms with van der Waals surface area (Å²) in [5.74, 6) is -2.64. The Morgan fingerprint density at radius 3 is 2.38 bits per heavy atom. The van der Waals surface area contributed by atoms with Crippen LogP contribution in [0.3, 0.4) is 0 Å². The molecule has 1 aliphatic heterocycles. The first kappa shape index (κ1) is 13.9. The lowest BCUT2D eigenvalue weighted by Crippen LogP contribution is -2.44. The van der Waals surface area contributed by atoms with Gasteiger partial charge >= 0.3 is 11.9 Å². The average molecular weight is 309 g/mol. The molecule has 110 valence electrons. The van der Waals surface area contributed by atoms with Gasteiger partial charge in [-0.15, -0.1) is 0 Å². The van der Waals surface area contributed by atoms with E-state index in [2.05, 4.69) is 0 Å². The second kappa shape index (κ2) is 5.07. The van der Waals surface area contributed by atoms with Crippen LogP contribution in [0.25, 0.3) is 6.08 Å². The summed E-state index contributed by atoms with van der Waals surface area (Å²) in [5, 5.41) is 10.1. The highest BCUT2D eigenvalue weighted by molar-refractivity contribution is 6.30. The Hall–Kier alpha value is -2.01. The van der Waals surface area contributed by atoms with E-state index >= 15 is 0 Å². The summed E-state index contributed by atoms with van der Waals surface area (Å²) < 4.78 is 10.6. The van der Waals surface area contributed by atoms with E-state index in [-0.39, 0.29) is 16.9 Å². The summed E-state index contributed by atoms with van der Waals surface area (Å²) >= 11 is 5.83. The van der Waals surface area contributed by atoms with Crippen LogP contribution in [-0.4, -0.2) is 22.8 Å². The van der Waals surface area contributed by atoms with Gasteiger partial charge in [-0.05, 0) is 37.1 Å². The molecular weight excluding hydrogens is 296 g/mol. The number of rotatable bonds is 1. The first-order chi connectivity index (χ1) is 9.99. The van der Waals surface area contributed by atoms with Gasteiger partial charge in [-0.1, -0.05) is 11.6 Å². The van der Waals surface area contributed by atoms with Crippen molar-refractivity contribution in [1.29, 1.82) is 0 Å². The van der Waals surface area contributed by atoms with Crippen molar-refractivity contribution < 1.29 is 24.2 Å². The van der Waals surface area contributed by atoms with E-state index in [0.717, 1.165) is 12.8 Å². The van der Waals surface area contributed by atoms with Crippen LogP contribution in [0.2, 0.25) is 5.02 Å². The molecule has 5 nitrogen and oxygen atoms in total. The molecular formula is C15H13ClO5. The Balaban J connectivity index is 1.92. The van der Waals surface area contributed by atoms with Crippen LogP contribution in [0.5, 0.6) is 5.75 Å². The maximum atomic E-state index is 12.1. The van der Waals surface area contributed by atoms with Gasteiger partial charge in [-0.2, -0.15) is 0 Å². The molecule has 1 aromatic rings. The number of hydrogen-bond donors (Lipinski definition) is 1. The third kappa shape index (κ3) is 2.61. The van der Waals surface area contributed by atoms with Crippen molar-refractivity contribution in [2.45, 2.75) is 31.5 Å². The molecule has 0 atom stereocenters. The maximum absolute atomic E-state index is 12.1. The molecule has 2 aliphatic rings. The lowest BCUT2D eigenvalue weighted by molar-refractivity contribution is -0.232. The zero-order chi connectivity index (χ0) is 15.0. The van der Waals surface area contributed by atoms with Crippen LogP contribution < -0.4 is 0 Å². The molecule has 0 amide bonds. The number of phenols is 1. The lowest BCUT2D eigenvalue weighted by atomic mass is 10.1. The monoisotopic (exact) mass is 308 g/mol. The van der Waals surface area contributed by atoms with Gasteiger partial charge < -0.3 is 14.6 Å². The topological polar surface area (TPSA) is 72.8 Å². The molecule has 0 aromatic heterocycles. The summed E-state index contributed by atoms with van der Waals surface area (Å²) in [4.78, 5) is 24.1. The highest BCUT2D eigenvalue weighted by atomic mass is 35.5. The molecule has 21 heavy (non-hydrogen) atoms. The molecule has 1 saturated carbocycles. The first-order valence-electron chi connectivity index (χ1n) is 6.66. The molecule has 0 bridgehead atoms. The van der Waals surface area contributed by atoms with E-state index in [1.165, 1.54) is 24.3 Å². The van der Waals surface area contributed by atoms with E-state index in [4.69, 9.17) is 21.1 Å². The third-order valence-electron chi connectivity index (χ3n) is 3.65. The number of esters is 2. The Morgan fingerprint density at radius 2 is 1.76 bits per heavy atom. The van der Waals surface area contributed by atoms with Gasteiger partial charge in [0.25, 0.3) is 5.79 Å². The number of phenolic OH excluding ortho intramolecular Hbond substituents is 1. The number of halogens is 1. The molecule has 1 N–H and O–H groups in total. The second-order valence-electron chi connectivity index (χ2n) is 5.16. The normalized spacial score (nSPS) is 20.3. The highest BCUT2D eigenvalue weighted by Gasteiger charge is 2.47. The maximum Gasteiger partial charge on any atom is 0.348 e. The summed E-state index contributed by atoms with van der Waals surface area (Å²) in [7, 11) is 0. The number of ether oxygens (including phenoxy) is 2. The van der Waals surface area contributed by atoms with Gasteiger partial charge in [0.05, 0.1) is 0 Å². The van der Waals surface area contributed by atoms with Crippen molar-refractivity contribution in [3.63, 3.8) is 0 Å². The highest BCUT2D eigenvalue weighted by Crippen LogP contribution is 2.39. The van der Waals surface area contributed by atoms with E-state index in [9.17, 15) is 14.7 Å². The van der Waals surface area contributed by atoms with Gasteiger partial charge in [-0.25, -0.2) is 9.59 Å². The van der Waals surface area contributed by atoms with Crippen molar-refractivity contribution in [2.24, 2.45) is 0 Å². The summed E-state index contributed by atoms with van der Waals surface area (Å²) in [6, 6.07) is 4.33. The molecule has 2 fully saturated rings. The first-order valence-corrected chi connectivity index (χ1v) is 7.04. The van der Waals surface area contributed by atoms with E-state index in [0.29, 0.717) is 17.9 Å². The molecule has 0 radical (unpaired) electrons. The number of benzene rings is 1. The van der Waals surface area contributed by atoms with Crippen LogP contribution in [0, 0.1) is 0 Å². The van der Waals surface area contributed by atoms with Crippen molar-refractivity contribution in [3.05, 3.63) is 34.4 Å². The smallest absolute Gasteiger partial charge is 0.348 e. The van der Waals surface area contributed by atoms with E-state index in [1.54, 1.807) is 0 Å². The second-order valence-corrected chi connectivity index (χ2v) is 5.59. The van der Waals surface area contributed by atoms with Crippen molar-refractivity contribution in [1.82, 2.24) is 0 Å². The quantitative estimate of drug-likeness (QED) is 0.490. The molecule has 3 rings (SSSR count). The fraction of sp³-hybridized carbons (Fsp3) is 0.333. The van der Waals surface area contributed by atoms with E-state index < -0.39 is 17.7 Å². The zero-order valence-corrected chi connectivity index (χ0v) is 11.9. The molecule has 1 spiro atoms. The largest absolute Gasteiger partial charge is 0.507 e. The van der Waals surface area contributed by atoms with Crippen LogP contribution in [-0.2, 0) is 19.1 Å². The van der Waals surface area contributed by atoms with Crippen molar-refractivity contribution >= 4 is 29.6 Å². The molecule has 1 saturated heterocycles. The van der Waals surface area contributed by atoms with Crippen LogP contribution in [0.15, 0.2) is 23.8 Å². The Labute approximate surface area is 126 Å². The number of carbonyl (C=O) groups is 2. The molecule has 1 aliphatic carbocycles. The van der Waals surface area contributed by atoms with Crippen LogP contribution >= 0.6 is 11.6 Å². The van der Waals surface area contributed by atoms with Gasteiger partial charge in [0.2, 0.25) is 0 Å². The predicted molar refractivity (Wildman–Crippen MR) is 74.5 cm³/mol. The Morgan fingerprint density at radius 1 is 1.14 bits per heavy atom. The summed E-state index contributed by atoms with van der Waals surface area (Å²) in [6.07, 6.45) is 4.00. The fourth-order valence-electron chi connectivity index (χ4n) is 2.58. The molecule has 6 heteroatoms. The van der Waals surface area contributed by atoms with Crippen LogP contribution in [0.4, 0.5) is 0 Å². The van der Waals surface area contributed by atoms with Crippen LogP contribution in [0.1, 0.15) is 31.2 Å². The fourth-order valence-corrected chi connectivity index (χ4v) is 2.76. The molecule has 1 aromatic carbocycles. The van der Waals surface area contributed by atoms with Crippen molar-refractivity contribution in [3.8, 4) is 5.75 Å². The SMILES string of the molecule is O=C1OC2(CCCC2)OC(=O)C1=Cc1cc(Cl)ccc1O. The molecule has 0 unspecified atom stereocenters. The van der Waals surface area contributed by atoms with Gasteiger partial charge in [0.15, 0.2) is 0 Å². The lowest BCUT2D eigenvalue weighted by Gasteiger charge is -2.32. The van der Waals surface area contributed by atoms with E-state index in [1.807, 2.05) is 0 Å². The summed E-state index contributed by atoms with van der Waals surface area (Å²) in [5.41, 5.74) is 0.0128. The summed E-state index contributed by atoms with van der Waals surface area (Å²) in [6.45, 7) is 0. The minimum Gasteiger partial charge on any atom is -0.507 e. The standard InChI is InChI=1S/C15H13ClO5/c16-10-3-4-12(17)9(7-10)8-11-13(18)20-15(21-14(11)19)5-1-2-6-15/h3-4,7-8,17H,1-2,5-6H2. The van der Waals surface area contributed by atoms with Gasteiger partial charge in [0.1, 0.15) is 11.3 Å².